The molecule has 1 heterocycles. The molecule has 1 aliphatic heterocycles. The maximum atomic E-state index is 13.9. The highest BCUT2D eigenvalue weighted by atomic mass is 32.2. The Morgan fingerprint density at radius 3 is 2.79 bits per heavy atom. The van der Waals surface area contributed by atoms with Gasteiger partial charge in [0.2, 0.25) is 5.91 Å². The molecule has 1 aromatic carbocycles. The molecule has 1 aliphatic rings. The molecule has 0 saturated carbocycles. The van der Waals surface area contributed by atoms with Crippen molar-refractivity contribution in [1.29, 1.82) is 0 Å². The number of carbonyl (C=O) groups excluding carboxylic acids is 1. The van der Waals surface area contributed by atoms with Gasteiger partial charge in [0.1, 0.15) is 12.0 Å². The van der Waals surface area contributed by atoms with Gasteiger partial charge in [-0.05, 0) is 26.2 Å². The quantitative estimate of drug-likeness (QED) is 0.920. The van der Waals surface area contributed by atoms with Crippen molar-refractivity contribution in [2.24, 2.45) is 0 Å². The van der Waals surface area contributed by atoms with Gasteiger partial charge >= 0.3 is 0 Å². The second-order valence-electron chi connectivity index (χ2n) is 4.86. The lowest BCUT2D eigenvalue weighted by Gasteiger charge is -2.30. The minimum absolute atomic E-state index is 0.0369. The lowest BCUT2D eigenvalue weighted by Crippen LogP contribution is -2.40. The number of carbonyl (C=O) groups is 1. The zero-order valence-electron chi connectivity index (χ0n) is 11.4. The van der Waals surface area contributed by atoms with E-state index in [1.54, 1.807) is 34.9 Å². The van der Waals surface area contributed by atoms with Crippen LogP contribution in [-0.2, 0) is 4.79 Å². The normalized spacial score (nSPS) is 24.8. The van der Waals surface area contributed by atoms with Gasteiger partial charge in [0.05, 0.1) is 6.04 Å². The molecule has 3 unspecified atom stereocenters. The molecule has 1 aromatic rings. The minimum atomic E-state index is -0.370. The first-order valence-electron chi connectivity index (χ1n) is 6.38. The fraction of sp³-hybridized carbons (Fsp3) is 0.500. The number of hydrogen-bond donors (Lipinski definition) is 1. The SMILES string of the molecule is CSCC(C)N1C(=O)C(C)NC1c1ccccc1F. The molecule has 0 aromatic heterocycles. The van der Waals surface area contributed by atoms with Crippen LogP contribution in [0.2, 0.25) is 0 Å². The molecule has 1 amide bonds. The largest absolute Gasteiger partial charge is 0.318 e. The molecular formula is C14H19FN2OS. The highest BCUT2D eigenvalue weighted by Crippen LogP contribution is 2.29. The fourth-order valence-corrected chi connectivity index (χ4v) is 3.11. The number of thioether (sulfide) groups is 1. The van der Waals surface area contributed by atoms with Gasteiger partial charge in [0.15, 0.2) is 0 Å². The zero-order valence-corrected chi connectivity index (χ0v) is 12.2. The number of nitrogens with one attached hydrogen (secondary N) is 1. The predicted octanol–water partition coefficient (Wildman–Crippen LogP) is 2.40. The van der Waals surface area contributed by atoms with E-state index in [0.717, 1.165) is 5.75 Å². The van der Waals surface area contributed by atoms with E-state index in [-0.39, 0.29) is 30.0 Å². The van der Waals surface area contributed by atoms with Crippen molar-refractivity contribution < 1.29 is 9.18 Å². The number of amides is 1. The molecule has 5 heteroatoms. The summed E-state index contributed by atoms with van der Waals surface area (Å²) < 4.78 is 13.9. The second kappa shape index (κ2) is 5.92. The van der Waals surface area contributed by atoms with Gasteiger partial charge in [0.25, 0.3) is 0 Å². The van der Waals surface area contributed by atoms with Crippen LogP contribution in [0.4, 0.5) is 4.39 Å². The van der Waals surface area contributed by atoms with Crippen LogP contribution in [0.15, 0.2) is 24.3 Å². The molecule has 0 spiro atoms. The van der Waals surface area contributed by atoms with Crippen LogP contribution in [-0.4, -0.2) is 34.9 Å². The van der Waals surface area contributed by atoms with Crippen LogP contribution in [0, 0.1) is 5.82 Å². The Bertz CT molecular complexity index is 469. The fourth-order valence-electron chi connectivity index (χ4n) is 2.47. The summed E-state index contributed by atoms with van der Waals surface area (Å²) in [6, 6.07) is 6.43. The molecule has 104 valence electrons. The lowest BCUT2D eigenvalue weighted by molar-refractivity contribution is -0.131. The number of rotatable bonds is 4. The summed E-state index contributed by atoms with van der Waals surface area (Å²) in [5.74, 6) is 0.600. The summed E-state index contributed by atoms with van der Waals surface area (Å²) in [7, 11) is 0. The van der Waals surface area contributed by atoms with Crippen molar-refractivity contribution >= 4 is 17.7 Å². The highest BCUT2D eigenvalue weighted by Gasteiger charge is 2.40. The number of hydrogen-bond acceptors (Lipinski definition) is 3. The van der Waals surface area contributed by atoms with Crippen molar-refractivity contribution in [2.75, 3.05) is 12.0 Å². The average molecular weight is 282 g/mol. The Morgan fingerprint density at radius 2 is 2.16 bits per heavy atom. The third-order valence-electron chi connectivity index (χ3n) is 3.39. The van der Waals surface area contributed by atoms with Crippen molar-refractivity contribution in [3.63, 3.8) is 0 Å². The minimum Gasteiger partial charge on any atom is -0.318 e. The Kier molecular flexibility index (Phi) is 4.47. The monoisotopic (exact) mass is 282 g/mol. The van der Waals surface area contributed by atoms with Crippen LogP contribution in [0.25, 0.3) is 0 Å². The summed E-state index contributed by atoms with van der Waals surface area (Å²) in [5.41, 5.74) is 0.535. The maximum absolute atomic E-state index is 13.9. The molecule has 0 radical (unpaired) electrons. The van der Waals surface area contributed by atoms with Gasteiger partial charge < -0.3 is 4.90 Å². The first-order valence-corrected chi connectivity index (χ1v) is 7.77. The number of halogens is 1. The van der Waals surface area contributed by atoms with Gasteiger partial charge in [-0.1, -0.05) is 18.2 Å². The van der Waals surface area contributed by atoms with Crippen molar-refractivity contribution in [3.8, 4) is 0 Å². The van der Waals surface area contributed by atoms with E-state index in [9.17, 15) is 9.18 Å². The standard InChI is InChI=1S/C14H19FN2OS/c1-9(8-19-3)17-13(16-10(2)14(17)18)11-6-4-5-7-12(11)15/h4-7,9-10,13,16H,8H2,1-3H3. The number of benzene rings is 1. The molecule has 19 heavy (non-hydrogen) atoms. The Balaban J connectivity index is 2.32. The van der Waals surface area contributed by atoms with E-state index < -0.39 is 0 Å². The van der Waals surface area contributed by atoms with Crippen LogP contribution in [0.5, 0.6) is 0 Å². The van der Waals surface area contributed by atoms with Gasteiger partial charge in [-0.25, -0.2) is 4.39 Å². The van der Waals surface area contributed by atoms with Crippen LogP contribution < -0.4 is 5.32 Å². The molecule has 0 aliphatic carbocycles. The average Bonchev–Trinajstić information content (AvgIpc) is 2.66. The lowest BCUT2D eigenvalue weighted by atomic mass is 10.1. The first kappa shape index (κ1) is 14.3. The topological polar surface area (TPSA) is 32.3 Å². The predicted molar refractivity (Wildman–Crippen MR) is 76.4 cm³/mol. The molecule has 1 fully saturated rings. The van der Waals surface area contributed by atoms with E-state index in [1.165, 1.54) is 6.07 Å². The van der Waals surface area contributed by atoms with Gasteiger partial charge in [-0.15, -0.1) is 0 Å². The second-order valence-corrected chi connectivity index (χ2v) is 5.77. The molecule has 1 saturated heterocycles. The third-order valence-corrected chi connectivity index (χ3v) is 4.21. The van der Waals surface area contributed by atoms with Crippen LogP contribution in [0.3, 0.4) is 0 Å². The maximum Gasteiger partial charge on any atom is 0.241 e. The Morgan fingerprint density at radius 1 is 1.47 bits per heavy atom. The molecule has 1 N–H and O–H groups in total. The van der Waals surface area contributed by atoms with E-state index >= 15 is 0 Å². The van der Waals surface area contributed by atoms with Gasteiger partial charge in [-0.2, -0.15) is 11.8 Å². The van der Waals surface area contributed by atoms with E-state index in [2.05, 4.69) is 5.32 Å². The summed E-state index contributed by atoms with van der Waals surface area (Å²) in [6.07, 6.45) is 1.64. The molecule has 3 atom stereocenters. The van der Waals surface area contributed by atoms with Crippen molar-refractivity contribution in [1.82, 2.24) is 10.2 Å². The van der Waals surface area contributed by atoms with Crippen LogP contribution >= 0.6 is 11.8 Å². The summed E-state index contributed by atoms with van der Waals surface area (Å²) in [6.45, 7) is 3.82. The van der Waals surface area contributed by atoms with Crippen molar-refractivity contribution in [3.05, 3.63) is 35.6 Å². The molecule has 2 rings (SSSR count). The summed E-state index contributed by atoms with van der Waals surface area (Å²) in [5, 5.41) is 3.18. The highest BCUT2D eigenvalue weighted by molar-refractivity contribution is 7.98. The zero-order chi connectivity index (χ0) is 14.0. The Hall–Kier alpha value is -1.07. The molecule has 0 bridgehead atoms. The van der Waals surface area contributed by atoms with Crippen molar-refractivity contribution in [2.45, 2.75) is 32.1 Å². The summed E-state index contributed by atoms with van der Waals surface area (Å²) >= 11 is 1.69. The Labute approximate surface area is 117 Å². The third kappa shape index (κ3) is 2.77. The van der Waals surface area contributed by atoms with E-state index in [1.807, 2.05) is 20.1 Å². The molecular weight excluding hydrogens is 263 g/mol. The number of nitrogens with zero attached hydrogens (tertiary/aromatic N) is 1. The van der Waals surface area contributed by atoms with Gasteiger partial charge in [-0.3, -0.25) is 10.1 Å². The van der Waals surface area contributed by atoms with E-state index in [4.69, 9.17) is 0 Å². The van der Waals surface area contributed by atoms with Gasteiger partial charge in [0, 0.05) is 17.4 Å². The molecule has 3 nitrogen and oxygen atoms in total. The van der Waals surface area contributed by atoms with Crippen LogP contribution in [0.1, 0.15) is 25.6 Å². The van der Waals surface area contributed by atoms with E-state index in [0.29, 0.717) is 5.56 Å². The summed E-state index contributed by atoms with van der Waals surface area (Å²) in [4.78, 5) is 14.0. The first-order chi connectivity index (χ1) is 9.06. The smallest absolute Gasteiger partial charge is 0.241 e.